The maximum Gasteiger partial charge on any atom is 0.253 e. The van der Waals surface area contributed by atoms with Crippen LogP contribution in [-0.2, 0) is 11.2 Å². The lowest BCUT2D eigenvalue weighted by Crippen LogP contribution is -2.58. The molecule has 0 bridgehead atoms. The van der Waals surface area contributed by atoms with Gasteiger partial charge in [-0.1, -0.05) is 24.3 Å². The van der Waals surface area contributed by atoms with Gasteiger partial charge in [-0.25, -0.2) is 0 Å². The number of likely N-dealkylation sites (tertiary alicyclic amines) is 1. The number of benzene rings is 1. The van der Waals surface area contributed by atoms with Crippen LogP contribution in [0.2, 0.25) is 0 Å². The Bertz CT molecular complexity index is 681. The summed E-state index contributed by atoms with van der Waals surface area (Å²) in [6, 6.07) is 13.6. The van der Waals surface area contributed by atoms with Gasteiger partial charge >= 0.3 is 0 Å². The van der Waals surface area contributed by atoms with E-state index in [0.29, 0.717) is 0 Å². The lowest BCUT2D eigenvalue weighted by atomic mass is 9.77. The van der Waals surface area contributed by atoms with Gasteiger partial charge in [0.05, 0.1) is 12.7 Å². The monoisotopic (exact) mass is 308 g/mol. The van der Waals surface area contributed by atoms with Crippen LogP contribution in [0.25, 0.3) is 0 Å². The largest absolute Gasteiger partial charge is 0.377 e. The van der Waals surface area contributed by atoms with Crippen LogP contribution in [0.15, 0.2) is 54.9 Å². The molecule has 2 fully saturated rings. The first-order valence-electron chi connectivity index (χ1n) is 8.09. The fourth-order valence-electron chi connectivity index (χ4n) is 3.70. The first-order chi connectivity index (χ1) is 11.2. The zero-order chi connectivity index (χ0) is 15.7. The number of hydrogen-bond donors (Lipinski definition) is 0. The molecule has 2 aliphatic rings. The minimum atomic E-state index is 0.131. The van der Waals surface area contributed by atoms with Crippen molar-refractivity contribution in [3.63, 3.8) is 0 Å². The van der Waals surface area contributed by atoms with E-state index in [1.54, 1.807) is 6.20 Å². The van der Waals surface area contributed by atoms with E-state index in [4.69, 9.17) is 4.74 Å². The fourth-order valence-corrected chi connectivity index (χ4v) is 3.70. The third-order valence-electron chi connectivity index (χ3n) is 4.83. The third kappa shape index (κ3) is 2.86. The normalized spacial score (nSPS) is 22.1. The van der Waals surface area contributed by atoms with Crippen molar-refractivity contribution in [2.75, 3.05) is 19.7 Å². The van der Waals surface area contributed by atoms with Crippen LogP contribution in [0.5, 0.6) is 0 Å². The molecule has 118 valence electrons. The molecule has 1 spiro atoms. The minimum absolute atomic E-state index is 0.131. The number of ether oxygens (including phenoxy) is 1. The van der Waals surface area contributed by atoms with Crippen molar-refractivity contribution in [2.45, 2.75) is 18.9 Å². The van der Waals surface area contributed by atoms with E-state index in [9.17, 15) is 4.79 Å². The number of hydrogen-bond acceptors (Lipinski definition) is 3. The number of carbonyl (C=O) groups is 1. The highest BCUT2D eigenvalue weighted by Crippen LogP contribution is 2.42. The van der Waals surface area contributed by atoms with Gasteiger partial charge in [-0.15, -0.1) is 0 Å². The first kappa shape index (κ1) is 14.4. The Kier molecular flexibility index (Phi) is 3.62. The highest BCUT2D eigenvalue weighted by atomic mass is 16.5. The fraction of sp³-hybridized carbons (Fsp3) is 0.368. The second-order valence-electron chi connectivity index (χ2n) is 6.73. The molecule has 2 saturated heterocycles. The van der Waals surface area contributed by atoms with Gasteiger partial charge in [-0.3, -0.25) is 9.78 Å². The van der Waals surface area contributed by atoms with Gasteiger partial charge in [0.2, 0.25) is 0 Å². The summed E-state index contributed by atoms with van der Waals surface area (Å²) in [5, 5.41) is 0. The predicted octanol–water partition coefficient (Wildman–Crippen LogP) is 2.56. The molecule has 0 aliphatic carbocycles. The van der Waals surface area contributed by atoms with Gasteiger partial charge in [0.25, 0.3) is 5.91 Å². The molecule has 3 heterocycles. The molecule has 2 aromatic rings. The minimum Gasteiger partial charge on any atom is -0.377 e. The Hall–Kier alpha value is -2.20. The summed E-state index contributed by atoms with van der Waals surface area (Å²) in [5.74, 6) is 0.131. The van der Waals surface area contributed by atoms with E-state index >= 15 is 0 Å². The van der Waals surface area contributed by atoms with E-state index in [0.717, 1.165) is 38.1 Å². The van der Waals surface area contributed by atoms with Crippen molar-refractivity contribution >= 4 is 5.91 Å². The zero-order valence-electron chi connectivity index (χ0n) is 13.0. The Morgan fingerprint density at radius 3 is 2.78 bits per heavy atom. The van der Waals surface area contributed by atoms with Crippen molar-refractivity contribution < 1.29 is 9.53 Å². The van der Waals surface area contributed by atoms with Gasteiger partial charge < -0.3 is 9.64 Å². The van der Waals surface area contributed by atoms with E-state index in [2.05, 4.69) is 11.1 Å². The van der Waals surface area contributed by atoms with Crippen molar-refractivity contribution in [2.24, 2.45) is 5.41 Å². The zero-order valence-corrected chi connectivity index (χ0v) is 13.0. The summed E-state index contributed by atoms with van der Waals surface area (Å²) in [5.41, 5.74) is 2.15. The molecule has 1 atom stereocenters. The van der Waals surface area contributed by atoms with Crippen LogP contribution in [0.3, 0.4) is 0 Å². The van der Waals surface area contributed by atoms with Crippen LogP contribution >= 0.6 is 0 Å². The molecule has 0 radical (unpaired) electrons. The second kappa shape index (κ2) is 5.78. The van der Waals surface area contributed by atoms with Crippen LogP contribution in [0.1, 0.15) is 22.3 Å². The van der Waals surface area contributed by atoms with E-state index in [-0.39, 0.29) is 17.4 Å². The summed E-state index contributed by atoms with van der Waals surface area (Å²) in [6.45, 7) is 2.38. The lowest BCUT2D eigenvalue weighted by Gasteiger charge is -2.47. The average molecular weight is 308 g/mol. The van der Waals surface area contributed by atoms with Gasteiger partial charge in [0.15, 0.2) is 0 Å². The summed E-state index contributed by atoms with van der Waals surface area (Å²) >= 11 is 0. The average Bonchev–Trinajstić information content (AvgIpc) is 2.99. The van der Waals surface area contributed by atoms with Crippen molar-refractivity contribution in [1.82, 2.24) is 9.88 Å². The number of rotatable bonds is 3. The van der Waals surface area contributed by atoms with Crippen LogP contribution in [-0.4, -0.2) is 41.6 Å². The maximum absolute atomic E-state index is 12.4. The highest BCUT2D eigenvalue weighted by Gasteiger charge is 2.50. The predicted molar refractivity (Wildman–Crippen MR) is 87.1 cm³/mol. The third-order valence-corrected chi connectivity index (χ3v) is 4.83. The molecule has 1 aromatic heterocycles. The van der Waals surface area contributed by atoms with Gasteiger partial charge in [-0.2, -0.15) is 0 Å². The smallest absolute Gasteiger partial charge is 0.253 e. The van der Waals surface area contributed by atoms with Crippen molar-refractivity contribution in [3.8, 4) is 0 Å². The van der Waals surface area contributed by atoms with E-state index in [1.165, 1.54) is 5.56 Å². The molecule has 0 saturated carbocycles. The molecule has 4 rings (SSSR count). The molecule has 2 aliphatic heterocycles. The van der Waals surface area contributed by atoms with E-state index in [1.807, 2.05) is 47.5 Å². The second-order valence-corrected chi connectivity index (χ2v) is 6.73. The van der Waals surface area contributed by atoms with E-state index < -0.39 is 0 Å². The molecule has 4 nitrogen and oxygen atoms in total. The number of pyridine rings is 1. The summed E-state index contributed by atoms with van der Waals surface area (Å²) < 4.78 is 5.98. The quantitative estimate of drug-likeness (QED) is 0.875. The molecular weight excluding hydrogens is 288 g/mol. The molecule has 4 heteroatoms. The Labute approximate surface area is 136 Å². The van der Waals surface area contributed by atoms with Crippen molar-refractivity contribution in [3.05, 3.63) is 66.0 Å². The van der Waals surface area contributed by atoms with Gasteiger partial charge in [0, 0.05) is 42.9 Å². The molecule has 23 heavy (non-hydrogen) atoms. The lowest BCUT2D eigenvalue weighted by molar-refractivity contribution is -0.00133. The number of carbonyl (C=O) groups excluding carboxylic acids is 1. The number of aromatic nitrogens is 1. The number of nitrogens with zero attached hydrogens (tertiary/aromatic N) is 2. The van der Waals surface area contributed by atoms with Gasteiger partial charge in [-0.05, 0) is 30.2 Å². The Morgan fingerprint density at radius 1 is 1.22 bits per heavy atom. The maximum atomic E-state index is 12.4. The number of amides is 1. The summed E-state index contributed by atoms with van der Waals surface area (Å²) in [7, 11) is 0. The van der Waals surface area contributed by atoms with Crippen LogP contribution in [0, 0.1) is 5.41 Å². The van der Waals surface area contributed by atoms with Gasteiger partial charge in [0.1, 0.15) is 0 Å². The summed E-state index contributed by atoms with van der Waals surface area (Å²) in [6.07, 6.45) is 5.87. The van der Waals surface area contributed by atoms with Crippen LogP contribution in [0.4, 0.5) is 0 Å². The molecular formula is C19H20N2O2. The standard InChI is InChI=1S/C19H20N2O2/c22-18(16-6-2-1-3-7-16)21-12-19(13-21)10-17(23-14-19)9-15-5-4-8-20-11-15/h1-8,11,17H,9-10,12-14H2/t17-/m0/s1. The molecule has 1 aromatic carbocycles. The SMILES string of the molecule is O=C(c1ccccc1)N1CC2(CO[C@@H](Cc3cccnc3)C2)C1. The Balaban J connectivity index is 1.34. The Morgan fingerprint density at radius 2 is 2.04 bits per heavy atom. The van der Waals surface area contributed by atoms with Crippen LogP contribution < -0.4 is 0 Å². The highest BCUT2D eigenvalue weighted by molar-refractivity contribution is 5.94. The molecule has 0 unspecified atom stereocenters. The van der Waals surface area contributed by atoms with Crippen molar-refractivity contribution in [1.29, 1.82) is 0 Å². The summed E-state index contributed by atoms with van der Waals surface area (Å²) in [4.78, 5) is 18.5. The molecule has 0 N–H and O–H groups in total. The topological polar surface area (TPSA) is 42.4 Å². The first-order valence-corrected chi connectivity index (χ1v) is 8.09. The molecule has 1 amide bonds.